The Balaban J connectivity index is 1.78. The summed E-state index contributed by atoms with van der Waals surface area (Å²) in [4.78, 5) is 0. The van der Waals surface area contributed by atoms with Gasteiger partial charge in [-0.15, -0.1) is 0 Å². The van der Waals surface area contributed by atoms with Crippen LogP contribution < -0.4 is 10.6 Å². The summed E-state index contributed by atoms with van der Waals surface area (Å²) in [5.41, 5.74) is 0. The van der Waals surface area contributed by atoms with Crippen LogP contribution in [0, 0.1) is 5.92 Å². The van der Waals surface area contributed by atoms with E-state index in [0.717, 1.165) is 18.0 Å². The highest BCUT2D eigenvalue weighted by Gasteiger charge is 2.32. The van der Waals surface area contributed by atoms with Gasteiger partial charge in [-0.3, -0.25) is 0 Å². The van der Waals surface area contributed by atoms with Crippen molar-refractivity contribution in [2.24, 2.45) is 5.92 Å². The fourth-order valence-electron chi connectivity index (χ4n) is 2.76. The maximum Gasteiger partial charge on any atom is 0.00728 e. The number of piperidine rings is 1. The molecule has 12 heavy (non-hydrogen) atoms. The molecule has 2 aliphatic heterocycles. The molecule has 2 heterocycles. The third-order valence-electron chi connectivity index (χ3n) is 3.37. The first-order chi connectivity index (χ1) is 5.88. The van der Waals surface area contributed by atoms with Crippen molar-refractivity contribution in [1.82, 2.24) is 10.6 Å². The molecule has 2 heteroatoms. The summed E-state index contributed by atoms with van der Waals surface area (Å²) in [6, 6.07) is 1.73. The predicted octanol–water partition coefficient (Wildman–Crippen LogP) is 1.13. The van der Waals surface area contributed by atoms with Crippen LogP contribution in [0.25, 0.3) is 0 Å². The minimum absolute atomic E-state index is 0.866. The maximum absolute atomic E-state index is 3.68. The van der Waals surface area contributed by atoms with E-state index in [1.165, 1.54) is 38.6 Å². The van der Waals surface area contributed by atoms with Gasteiger partial charge < -0.3 is 10.6 Å². The van der Waals surface area contributed by atoms with Crippen molar-refractivity contribution in [2.45, 2.75) is 44.2 Å². The van der Waals surface area contributed by atoms with Crippen LogP contribution >= 0.6 is 0 Å². The van der Waals surface area contributed by atoms with Crippen LogP contribution in [0.2, 0.25) is 0 Å². The second-order valence-corrected chi connectivity index (χ2v) is 4.37. The zero-order valence-electron chi connectivity index (χ0n) is 7.97. The second kappa shape index (κ2) is 3.75. The average Bonchev–Trinajstić information content (AvgIpc) is 2.42. The van der Waals surface area contributed by atoms with Crippen molar-refractivity contribution in [3.63, 3.8) is 0 Å². The summed E-state index contributed by atoms with van der Waals surface area (Å²) in [5.74, 6) is 0.996. The van der Waals surface area contributed by atoms with E-state index < -0.39 is 0 Å². The Kier molecular flexibility index (Phi) is 2.66. The highest BCUT2D eigenvalue weighted by atomic mass is 15.0. The highest BCUT2D eigenvalue weighted by molar-refractivity contribution is 4.91. The minimum atomic E-state index is 0.866. The van der Waals surface area contributed by atoms with Crippen molar-refractivity contribution in [1.29, 1.82) is 0 Å². The van der Waals surface area contributed by atoms with E-state index in [9.17, 15) is 0 Å². The fraction of sp³-hybridized carbons (Fsp3) is 1.00. The molecule has 0 spiro atoms. The average molecular weight is 168 g/mol. The minimum Gasteiger partial charge on any atom is -0.320 e. The summed E-state index contributed by atoms with van der Waals surface area (Å²) in [7, 11) is 2.05. The Labute approximate surface area is 75.1 Å². The Hall–Kier alpha value is -0.0800. The van der Waals surface area contributed by atoms with Gasteiger partial charge in [0.2, 0.25) is 0 Å². The summed E-state index contributed by atoms with van der Waals surface area (Å²) < 4.78 is 0. The smallest absolute Gasteiger partial charge is 0.00728 e. The van der Waals surface area contributed by atoms with Crippen LogP contribution in [0.5, 0.6) is 0 Å². The largest absolute Gasteiger partial charge is 0.320 e. The number of hydrogen-bond acceptors (Lipinski definition) is 2. The maximum atomic E-state index is 3.68. The van der Waals surface area contributed by atoms with Gasteiger partial charge in [0, 0.05) is 12.1 Å². The molecule has 2 unspecified atom stereocenters. The predicted molar refractivity (Wildman–Crippen MR) is 51.2 cm³/mol. The first-order valence-electron chi connectivity index (χ1n) is 5.29. The molecular formula is C10H20N2. The Morgan fingerprint density at radius 1 is 1.25 bits per heavy atom. The van der Waals surface area contributed by atoms with Gasteiger partial charge in [-0.1, -0.05) is 0 Å². The quantitative estimate of drug-likeness (QED) is 0.660. The van der Waals surface area contributed by atoms with Gasteiger partial charge in [0.25, 0.3) is 0 Å². The molecule has 0 aromatic rings. The summed E-state index contributed by atoms with van der Waals surface area (Å²) in [6.45, 7) is 1.20. The summed E-state index contributed by atoms with van der Waals surface area (Å²) in [6.07, 6.45) is 7.10. The van der Waals surface area contributed by atoms with Crippen molar-refractivity contribution < 1.29 is 0 Å². The van der Waals surface area contributed by atoms with Crippen molar-refractivity contribution in [2.75, 3.05) is 13.6 Å². The van der Waals surface area contributed by atoms with Crippen molar-refractivity contribution >= 4 is 0 Å². The summed E-state index contributed by atoms with van der Waals surface area (Å²) in [5, 5.41) is 6.92. The standard InChI is InChI=1S/C10H20N2/c1-11-5-4-8-6-9-2-3-10(7-8)12-9/h8-12H,2-7H2,1H3. The van der Waals surface area contributed by atoms with Gasteiger partial charge in [0.15, 0.2) is 0 Å². The molecule has 0 aromatic carbocycles. The third-order valence-corrected chi connectivity index (χ3v) is 3.37. The molecule has 2 aliphatic rings. The molecule has 0 radical (unpaired) electrons. The van der Waals surface area contributed by atoms with E-state index in [2.05, 4.69) is 17.7 Å². The first-order valence-corrected chi connectivity index (χ1v) is 5.29. The number of rotatable bonds is 3. The first kappa shape index (κ1) is 8.52. The molecule has 2 rings (SSSR count). The lowest BCUT2D eigenvalue weighted by atomic mass is 9.90. The lowest BCUT2D eigenvalue weighted by molar-refractivity contribution is 0.285. The van der Waals surface area contributed by atoms with Gasteiger partial charge in [0.05, 0.1) is 0 Å². The van der Waals surface area contributed by atoms with E-state index in [0.29, 0.717) is 0 Å². The number of nitrogens with one attached hydrogen (secondary N) is 2. The molecule has 0 aliphatic carbocycles. The summed E-state index contributed by atoms with van der Waals surface area (Å²) >= 11 is 0. The van der Waals surface area contributed by atoms with Crippen LogP contribution in [0.15, 0.2) is 0 Å². The van der Waals surface area contributed by atoms with E-state index in [1.54, 1.807) is 0 Å². The number of fused-ring (bicyclic) bond motifs is 2. The molecular weight excluding hydrogens is 148 g/mol. The van der Waals surface area contributed by atoms with Gasteiger partial charge in [-0.05, 0) is 51.6 Å². The topological polar surface area (TPSA) is 24.1 Å². The SMILES string of the molecule is CNCCC1CC2CCC(C1)N2. The Morgan fingerprint density at radius 2 is 1.92 bits per heavy atom. The van der Waals surface area contributed by atoms with E-state index in [1.807, 2.05) is 0 Å². The normalized spacial score (nSPS) is 40.2. The lowest BCUT2D eigenvalue weighted by Crippen LogP contribution is -2.38. The molecule has 70 valence electrons. The van der Waals surface area contributed by atoms with Crippen molar-refractivity contribution in [3.05, 3.63) is 0 Å². The van der Waals surface area contributed by atoms with Gasteiger partial charge in [-0.2, -0.15) is 0 Å². The molecule has 2 bridgehead atoms. The van der Waals surface area contributed by atoms with Crippen molar-refractivity contribution in [3.8, 4) is 0 Å². The number of hydrogen-bond donors (Lipinski definition) is 2. The lowest BCUT2D eigenvalue weighted by Gasteiger charge is -2.28. The van der Waals surface area contributed by atoms with Gasteiger partial charge in [-0.25, -0.2) is 0 Å². The van der Waals surface area contributed by atoms with E-state index >= 15 is 0 Å². The third kappa shape index (κ3) is 1.80. The van der Waals surface area contributed by atoms with Gasteiger partial charge >= 0.3 is 0 Å². The van der Waals surface area contributed by atoms with Crippen LogP contribution in [-0.4, -0.2) is 25.7 Å². The highest BCUT2D eigenvalue weighted by Crippen LogP contribution is 2.32. The van der Waals surface area contributed by atoms with E-state index in [4.69, 9.17) is 0 Å². The Morgan fingerprint density at radius 3 is 2.50 bits per heavy atom. The monoisotopic (exact) mass is 168 g/mol. The Bertz CT molecular complexity index is 135. The van der Waals surface area contributed by atoms with Crippen LogP contribution in [0.4, 0.5) is 0 Å². The molecule has 0 saturated carbocycles. The van der Waals surface area contributed by atoms with Gasteiger partial charge in [0.1, 0.15) is 0 Å². The zero-order chi connectivity index (χ0) is 8.39. The van der Waals surface area contributed by atoms with Crippen LogP contribution in [-0.2, 0) is 0 Å². The molecule has 2 saturated heterocycles. The molecule has 0 aromatic heterocycles. The molecule has 2 atom stereocenters. The van der Waals surface area contributed by atoms with Crippen LogP contribution in [0.3, 0.4) is 0 Å². The van der Waals surface area contributed by atoms with Crippen LogP contribution in [0.1, 0.15) is 32.1 Å². The molecule has 2 nitrogen and oxygen atoms in total. The molecule has 0 amide bonds. The second-order valence-electron chi connectivity index (χ2n) is 4.37. The molecule has 2 N–H and O–H groups in total. The zero-order valence-corrected chi connectivity index (χ0v) is 7.97. The molecule has 2 fully saturated rings. The fourth-order valence-corrected chi connectivity index (χ4v) is 2.76. The van der Waals surface area contributed by atoms with E-state index in [-0.39, 0.29) is 0 Å².